The molecule has 0 radical (unpaired) electrons. The third-order valence-corrected chi connectivity index (χ3v) is 6.16. The molecule has 2 heterocycles. The number of carbonyl (C=O) groups excluding carboxylic acids is 2. The number of urea groups is 1. The third kappa shape index (κ3) is 5.54. The molecule has 0 aliphatic carbocycles. The van der Waals surface area contributed by atoms with Crippen molar-refractivity contribution in [1.29, 1.82) is 0 Å². The molecule has 178 valence electrons. The maximum Gasteiger partial charge on any atom is 0.325 e. The number of anilines is 2. The first-order chi connectivity index (χ1) is 16.6. The highest BCUT2D eigenvalue weighted by molar-refractivity contribution is 7.99. The van der Waals surface area contributed by atoms with E-state index in [1.165, 1.54) is 30.0 Å². The fourth-order valence-corrected chi connectivity index (χ4v) is 4.31. The van der Waals surface area contributed by atoms with Gasteiger partial charge in [0.15, 0.2) is 5.16 Å². The monoisotopic (exact) mass is 484 g/mol. The molecule has 4 rings (SSSR count). The van der Waals surface area contributed by atoms with Crippen LogP contribution in [0.25, 0.3) is 5.69 Å². The van der Waals surface area contributed by atoms with E-state index in [1.807, 2.05) is 28.8 Å². The predicted octanol–water partition coefficient (Wildman–Crippen LogP) is 3.25. The smallest absolute Gasteiger partial charge is 0.325 e. The number of imide groups is 1. The number of nitrogens with one attached hydrogen (secondary N) is 2. The largest absolute Gasteiger partial charge is 0.378 e. The highest BCUT2D eigenvalue weighted by atomic mass is 32.2. The van der Waals surface area contributed by atoms with Crippen LogP contribution in [0.3, 0.4) is 0 Å². The van der Waals surface area contributed by atoms with Crippen LogP contribution in [0.15, 0.2) is 53.7 Å². The number of aromatic nitrogens is 3. The van der Waals surface area contributed by atoms with Gasteiger partial charge in [-0.1, -0.05) is 49.0 Å². The van der Waals surface area contributed by atoms with Crippen LogP contribution in [0, 0.1) is 5.82 Å². The van der Waals surface area contributed by atoms with Gasteiger partial charge in [-0.25, -0.2) is 9.18 Å². The number of para-hydroxylation sites is 2. The van der Waals surface area contributed by atoms with Crippen LogP contribution in [-0.2, 0) is 16.0 Å². The first kappa shape index (κ1) is 23.7. The van der Waals surface area contributed by atoms with Gasteiger partial charge in [-0.3, -0.25) is 14.7 Å². The van der Waals surface area contributed by atoms with Gasteiger partial charge < -0.3 is 15.0 Å². The minimum Gasteiger partial charge on any atom is -0.378 e. The van der Waals surface area contributed by atoms with E-state index >= 15 is 0 Å². The number of rotatable bonds is 7. The molecule has 1 aromatic heterocycles. The summed E-state index contributed by atoms with van der Waals surface area (Å²) >= 11 is 1.17. The Morgan fingerprint density at radius 3 is 2.59 bits per heavy atom. The van der Waals surface area contributed by atoms with E-state index in [4.69, 9.17) is 4.74 Å². The number of amides is 3. The molecule has 0 spiro atoms. The number of halogens is 1. The molecule has 2 aromatic carbocycles. The first-order valence-electron chi connectivity index (χ1n) is 10.9. The molecule has 34 heavy (non-hydrogen) atoms. The maximum absolute atomic E-state index is 13.7. The zero-order valence-electron chi connectivity index (χ0n) is 18.7. The summed E-state index contributed by atoms with van der Waals surface area (Å²) in [5.74, 6) is -0.507. The van der Waals surface area contributed by atoms with Crippen molar-refractivity contribution in [2.75, 3.05) is 42.3 Å². The molecule has 2 N–H and O–H groups in total. The van der Waals surface area contributed by atoms with Gasteiger partial charge in [0.05, 0.1) is 30.3 Å². The van der Waals surface area contributed by atoms with Crippen molar-refractivity contribution >= 4 is 35.3 Å². The summed E-state index contributed by atoms with van der Waals surface area (Å²) in [6.07, 6.45) is 0.817. The summed E-state index contributed by atoms with van der Waals surface area (Å²) in [5.41, 5.74) is 2.05. The lowest BCUT2D eigenvalue weighted by atomic mass is 10.1. The van der Waals surface area contributed by atoms with Crippen LogP contribution in [0.1, 0.15) is 12.5 Å². The van der Waals surface area contributed by atoms with E-state index in [1.54, 1.807) is 6.07 Å². The van der Waals surface area contributed by atoms with Gasteiger partial charge in [0.2, 0.25) is 11.9 Å². The number of hydrogen-bond acceptors (Lipinski definition) is 7. The molecule has 11 heteroatoms. The van der Waals surface area contributed by atoms with E-state index in [9.17, 15) is 14.0 Å². The van der Waals surface area contributed by atoms with Crippen molar-refractivity contribution in [3.05, 3.63) is 59.9 Å². The Labute approximate surface area is 200 Å². The van der Waals surface area contributed by atoms with Crippen LogP contribution in [0.2, 0.25) is 0 Å². The summed E-state index contributed by atoms with van der Waals surface area (Å²) in [6.45, 7) is 4.65. The van der Waals surface area contributed by atoms with Gasteiger partial charge in [0, 0.05) is 13.1 Å². The summed E-state index contributed by atoms with van der Waals surface area (Å²) in [4.78, 5) is 26.6. The molecule has 0 bridgehead atoms. The predicted molar refractivity (Wildman–Crippen MR) is 128 cm³/mol. The minimum atomic E-state index is -0.803. The maximum atomic E-state index is 13.7. The van der Waals surface area contributed by atoms with Crippen LogP contribution in [-0.4, -0.2) is 58.8 Å². The number of ether oxygens (including phenoxy) is 1. The normalized spacial score (nSPS) is 13.5. The number of morpholine rings is 1. The van der Waals surface area contributed by atoms with E-state index in [2.05, 4.69) is 32.7 Å². The van der Waals surface area contributed by atoms with Gasteiger partial charge in [-0.05, 0) is 30.2 Å². The quantitative estimate of drug-likeness (QED) is 0.497. The van der Waals surface area contributed by atoms with E-state index in [0.717, 1.165) is 17.7 Å². The lowest BCUT2D eigenvalue weighted by molar-refractivity contribution is -0.117. The Morgan fingerprint density at radius 2 is 1.82 bits per heavy atom. The van der Waals surface area contributed by atoms with Crippen molar-refractivity contribution < 1.29 is 18.7 Å². The first-order valence-corrected chi connectivity index (χ1v) is 11.9. The van der Waals surface area contributed by atoms with E-state index < -0.39 is 17.8 Å². The van der Waals surface area contributed by atoms with E-state index in [0.29, 0.717) is 37.4 Å². The van der Waals surface area contributed by atoms with Crippen molar-refractivity contribution in [2.45, 2.75) is 18.5 Å². The molecule has 0 unspecified atom stereocenters. The van der Waals surface area contributed by atoms with Crippen LogP contribution < -0.4 is 15.5 Å². The molecule has 1 aliphatic heterocycles. The van der Waals surface area contributed by atoms with Gasteiger partial charge in [0.1, 0.15) is 5.82 Å². The Bertz CT molecular complexity index is 1170. The van der Waals surface area contributed by atoms with Gasteiger partial charge >= 0.3 is 6.03 Å². The summed E-state index contributed by atoms with van der Waals surface area (Å²) in [5, 5.41) is 13.8. The Morgan fingerprint density at radius 1 is 1.09 bits per heavy atom. The zero-order valence-corrected chi connectivity index (χ0v) is 19.5. The van der Waals surface area contributed by atoms with E-state index in [-0.39, 0.29) is 11.4 Å². The molecular formula is C23H25FN6O3S. The van der Waals surface area contributed by atoms with Gasteiger partial charge in [-0.2, -0.15) is 0 Å². The molecule has 1 aliphatic rings. The minimum absolute atomic E-state index is 0.00785. The highest BCUT2D eigenvalue weighted by Crippen LogP contribution is 2.29. The second kappa shape index (κ2) is 11.1. The van der Waals surface area contributed by atoms with Crippen LogP contribution in [0.5, 0.6) is 0 Å². The molecule has 1 saturated heterocycles. The number of thioether (sulfide) groups is 1. The SMILES string of the molecule is CCc1ccccc1-n1c(SCC(=O)NC(=O)Nc2ccccc2F)nnc1N1CCOCC1. The Kier molecular flexibility index (Phi) is 7.76. The van der Waals surface area contributed by atoms with Crippen LogP contribution >= 0.6 is 11.8 Å². The van der Waals surface area contributed by atoms with Gasteiger partial charge in [0.25, 0.3) is 0 Å². The molecular weight excluding hydrogens is 459 g/mol. The lowest BCUT2D eigenvalue weighted by Gasteiger charge is -2.28. The molecule has 1 fully saturated rings. The number of nitrogens with zero attached hydrogens (tertiary/aromatic N) is 4. The molecule has 0 saturated carbocycles. The number of carbonyl (C=O) groups is 2. The molecule has 9 nitrogen and oxygen atoms in total. The van der Waals surface area contributed by atoms with Crippen molar-refractivity contribution in [3.63, 3.8) is 0 Å². The summed E-state index contributed by atoms with van der Waals surface area (Å²) in [6, 6.07) is 12.9. The number of aryl methyl sites for hydroxylation is 1. The van der Waals surface area contributed by atoms with Crippen molar-refractivity contribution in [2.24, 2.45) is 0 Å². The van der Waals surface area contributed by atoms with Crippen LogP contribution in [0.4, 0.5) is 20.8 Å². The number of hydrogen-bond donors (Lipinski definition) is 2. The number of benzene rings is 2. The molecule has 3 amide bonds. The summed E-state index contributed by atoms with van der Waals surface area (Å²) in [7, 11) is 0. The Hall–Kier alpha value is -3.44. The fraction of sp³-hybridized carbons (Fsp3) is 0.304. The average Bonchev–Trinajstić information content (AvgIpc) is 3.28. The third-order valence-electron chi connectivity index (χ3n) is 5.23. The topological polar surface area (TPSA) is 101 Å². The molecule has 3 aromatic rings. The Balaban J connectivity index is 1.49. The van der Waals surface area contributed by atoms with Crippen molar-refractivity contribution in [1.82, 2.24) is 20.1 Å². The second-order valence-electron chi connectivity index (χ2n) is 7.47. The fourth-order valence-electron chi connectivity index (χ4n) is 3.57. The van der Waals surface area contributed by atoms with Crippen molar-refractivity contribution in [3.8, 4) is 5.69 Å². The standard InChI is InChI=1S/C23H25FN6O3S/c1-2-16-7-3-6-10-19(16)30-22(29-11-13-33-14-12-29)27-28-23(30)34-15-20(31)26-21(32)25-18-9-5-4-8-17(18)24/h3-10H,2,11-15H2,1H3,(H2,25,26,31,32). The second-order valence-corrected chi connectivity index (χ2v) is 8.41. The average molecular weight is 485 g/mol. The zero-order chi connectivity index (χ0) is 23.9. The van der Waals surface area contributed by atoms with Gasteiger partial charge in [-0.15, -0.1) is 10.2 Å². The lowest BCUT2D eigenvalue weighted by Crippen LogP contribution is -2.38. The molecule has 0 atom stereocenters. The summed E-state index contributed by atoms with van der Waals surface area (Å²) < 4.78 is 21.1. The highest BCUT2D eigenvalue weighted by Gasteiger charge is 2.23.